The number of anilines is 3. The molecule has 0 aliphatic rings. The quantitative estimate of drug-likeness (QED) is 0.183. The van der Waals surface area contributed by atoms with Crippen LogP contribution in [0.3, 0.4) is 0 Å². The van der Waals surface area contributed by atoms with E-state index in [2.05, 4.69) is 169 Å². The van der Waals surface area contributed by atoms with E-state index >= 15 is 0 Å². The van der Waals surface area contributed by atoms with Crippen LogP contribution in [0.1, 0.15) is 0 Å². The molecule has 0 fully saturated rings. The molecule has 2 aromatic heterocycles. The number of para-hydroxylation sites is 1. The van der Waals surface area contributed by atoms with Gasteiger partial charge >= 0.3 is 0 Å². The summed E-state index contributed by atoms with van der Waals surface area (Å²) in [6, 6.07) is 58.8. The maximum Gasteiger partial charge on any atom is 0.143 e. The second kappa shape index (κ2) is 10.3. The highest BCUT2D eigenvalue weighted by Gasteiger charge is 2.23. The summed E-state index contributed by atoms with van der Waals surface area (Å²) in [4.78, 5) is 2.40. The fraction of sp³-hybridized carbons (Fsp3) is 0. The van der Waals surface area contributed by atoms with Crippen LogP contribution in [0.4, 0.5) is 17.1 Å². The van der Waals surface area contributed by atoms with Crippen molar-refractivity contribution in [3.8, 4) is 11.1 Å². The van der Waals surface area contributed by atoms with Crippen molar-refractivity contribution in [1.82, 2.24) is 0 Å². The van der Waals surface area contributed by atoms with Crippen molar-refractivity contribution in [3.05, 3.63) is 164 Å². The van der Waals surface area contributed by atoms with Gasteiger partial charge in [0, 0.05) is 43.4 Å². The van der Waals surface area contributed by atoms with Crippen molar-refractivity contribution < 1.29 is 4.42 Å². The first-order valence-electron chi connectivity index (χ1n) is 15.9. The van der Waals surface area contributed by atoms with Gasteiger partial charge in [0.05, 0.1) is 16.1 Å². The molecule has 0 unspecified atom stereocenters. The Balaban J connectivity index is 1.35. The Labute approximate surface area is 275 Å². The van der Waals surface area contributed by atoms with Crippen molar-refractivity contribution in [2.75, 3.05) is 4.90 Å². The van der Waals surface area contributed by atoms with Crippen molar-refractivity contribution >= 4 is 92.1 Å². The third kappa shape index (κ3) is 3.97. The first kappa shape index (κ1) is 26.3. The maximum atomic E-state index is 7.01. The van der Waals surface area contributed by atoms with E-state index in [4.69, 9.17) is 4.42 Å². The van der Waals surface area contributed by atoms with Crippen LogP contribution in [0.5, 0.6) is 0 Å². The second-order valence-electron chi connectivity index (χ2n) is 12.1. The van der Waals surface area contributed by atoms with Crippen molar-refractivity contribution in [1.29, 1.82) is 0 Å². The number of nitrogens with zero attached hydrogens (tertiary/aromatic N) is 1. The van der Waals surface area contributed by atoms with Crippen LogP contribution in [0.25, 0.3) is 74.8 Å². The van der Waals surface area contributed by atoms with Crippen LogP contribution >= 0.6 is 11.3 Å². The smallest absolute Gasteiger partial charge is 0.143 e. The Kier molecular flexibility index (Phi) is 5.78. The highest BCUT2D eigenvalue weighted by atomic mass is 32.1. The molecular formula is C44H27NOS. The zero-order chi connectivity index (χ0) is 30.9. The minimum atomic E-state index is 0.877. The SMILES string of the molecule is c1ccc(-c2cc(N(c3ccccc3)c3cccc4c3sc3ccccc34)cc3oc4c5ccccc5c5ccccc5c4c23)cc1. The molecule has 47 heavy (non-hydrogen) atoms. The lowest BCUT2D eigenvalue weighted by Gasteiger charge is -2.26. The van der Waals surface area contributed by atoms with E-state index in [1.165, 1.54) is 36.3 Å². The normalized spacial score (nSPS) is 11.8. The second-order valence-corrected chi connectivity index (χ2v) is 13.1. The third-order valence-corrected chi connectivity index (χ3v) is 10.6. The molecule has 0 N–H and O–H groups in total. The van der Waals surface area contributed by atoms with Gasteiger partial charge in [-0.2, -0.15) is 0 Å². The molecule has 2 heterocycles. The molecule has 220 valence electrons. The number of furan rings is 1. The van der Waals surface area contributed by atoms with E-state index < -0.39 is 0 Å². The number of fused-ring (bicyclic) bond motifs is 11. The average Bonchev–Trinajstić information content (AvgIpc) is 3.72. The molecule has 0 aliphatic heterocycles. The molecule has 8 aromatic carbocycles. The summed E-state index contributed by atoms with van der Waals surface area (Å²) in [7, 11) is 0. The van der Waals surface area contributed by atoms with Crippen molar-refractivity contribution in [2.24, 2.45) is 0 Å². The summed E-state index contributed by atoms with van der Waals surface area (Å²) < 4.78 is 9.57. The van der Waals surface area contributed by atoms with Crippen LogP contribution in [0.2, 0.25) is 0 Å². The van der Waals surface area contributed by atoms with Gasteiger partial charge in [0.1, 0.15) is 11.2 Å². The third-order valence-electron chi connectivity index (χ3n) is 9.42. The van der Waals surface area contributed by atoms with Gasteiger partial charge < -0.3 is 9.32 Å². The summed E-state index contributed by atoms with van der Waals surface area (Å²) >= 11 is 1.85. The van der Waals surface area contributed by atoms with E-state index in [1.54, 1.807) is 0 Å². The molecular weight excluding hydrogens is 591 g/mol. The topological polar surface area (TPSA) is 16.4 Å². The van der Waals surface area contributed by atoms with E-state index in [0.29, 0.717) is 0 Å². The first-order valence-corrected chi connectivity index (χ1v) is 16.8. The molecule has 2 nitrogen and oxygen atoms in total. The molecule has 3 heteroatoms. The minimum absolute atomic E-state index is 0.877. The standard InChI is InChI=1S/C44H27NOS/c1-3-14-28(15-4-1)37-26-30(27-39-41(37)42-34-21-9-7-18-31(34)32-19-8-10-22-35(32)43(42)46-39)45(29-16-5-2-6-17-29)38-24-13-23-36-33-20-11-12-25-40(33)47-44(36)38/h1-27H. The molecule has 0 atom stereocenters. The summed E-state index contributed by atoms with van der Waals surface area (Å²) in [5.41, 5.74) is 7.43. The van der Waals surface area contributed by atoms with E-state index in [9.17, 15) is 0 Å². The van der Waals surface area contributed by atoms with Crippen LogP contribution in [0, 0.1) is 0 Å². The summed E-state index contributed by atoms with van der Waals surface area (Å²) in [5.74, 6) is 0. The largest absolute Gasteiger partial charge is 0.455 e. The van der Waals surface area contributed by atoms with Gasteiger partial charge in [-0.25, -0.2) is 0 Å². The Hall–Kier alpha value is -5.90. The lowest BCUT2D eigenvalue weighted by molar-refractivity contribution is 0.673. The maximum absolute atomic E-state index is 7.01. The van der Waals surface area contributed by atoms with Crippen LogP contribution in [0.15, 0.2) is 168 Å². The van der Waals surface area contributed by atoms with Gasteiger partial charge in [0.25, 0.3) is 0 Å². The molecule has 0 spiro atoms. The fourth-order valence-electron chi connectivity index (χ4n) is 7.40. The van der Waals surface area contributed by atoms with E-state index in [0.717, 1.165) is 55.5 Å². The summed E-state index contributed by atoms with van der Waals surface area (Å²) in [6.45, 7) is 0. The molecule has 0 saturated heterocycles. The zero-order valence-corrected chi connectivity index (χ0v) is 26.2. The summed E-state index contributed by atoms with van der Waals surface area (Å²) in [6.07, 6.45) is 0. The lowest BCUT2D eigenvalue weighted by Crippen LogP contribution is -2.10. The van der Waals surface area contributed by atoms with Crippen molar-refractivity contribution in [2.45, 2.75) is 0 Å². The van der Waals surface area contributed by atoms with Gasteiger partial charge in [-0.15, -0.1) is 11.3 Å². The highest BCUT2D eigenvalue weighted by molar-refractivity contribution is 7.26. The van der Waals surface area contributed by atoms with Gasteiger partial charge in [-0.05, 0) is 57.6 Å². The number of hydrogen-bond donors (Lipinski definition) is 0. The van der Waals surface area contributed by atoms with E-state index in [1.807, 2.05) is 11.3 Å². The fourth-order valence-corrected chi connectivity index (χ4v) is 8.61. The average molecular weight is 618 g/mol. The van der Waals surface area contributed by atoms with Crippen LogP contribution in [-0.2, 0) is 0 Å². The van der Waals surface area contributed by atoms with Gasteiger partial charge in [-0.3, -0.25) is 0 Å². The highest BCUT2D eigenvalue weighted by Crippen LogP contribution is 2.49. The van der Waals surface area contributed by atoms with Gasteiger partial charge in [0.15, 0.2) is 0 Å². The number of hydrogen-bond acceptors (Lipinski definition) is 3. The van der Waals surface area contributed by atoms with Gasteiger partial charge in [0.2, 0.25) is 0 Å². The molecule has 10 aromatic rings. The molecule has 10 rings (SSSR count). The lowest BCUT2D eigenvalue weighted by atomic mass is 9.93. The van der Waals surface area contributed by atoms with E-state index in [-0.39, 0.29) is 0 Å². The number of benzene rings is 8. The molecule has 0 radical (unpaired) electrons. The van der Waals surface area contributed by atoms with Crippen LogP contribution in [-0.4, -0.2) is 0 Å². The summed E-state index contributed by atoms with van der Waals surface area (Å²) in [5, 5.41) is 9.66. The molecule has 0 aliphatic carbocycles. The van der Waals surface area contributed by atoms with Crippen molar-refractivity contribution in [3.63, 3.8) is 0 Å². The molecule has 0 bridgehead atoms. The predicted octanol–water partition coefficient (Wildman–Crippen LogP) is 13.4. The first-order chi connectivity index (χ1) is 23.3. The minimum Gasteiger partial charge on any atom is -0.455 e. The predicted molar refractivity (Wildman–Crippen MR) is 202 cm³/mol. The van der Waals surface area contributed by atoms with Crippen LogP contribution < -0.4 is 4.90 Å². The monoisotopic (exact) mass is 617 g/mol. The number of thiophene rings is 1. The molecule has 0 amide bonds. The zero-order valence-electron chi connectivity index (χ0n) is 25.4. The number of rotatable bonds is 4. The Morgan fingerprint density at radius 1 is 0.447 bits per heavy atom. The Morgan fingerprint density at radius 2 is 1.06 bits per heavy atom. The Morgan fingerprint density at radius 3 is 1.85 bits per heavy atom. The van der Waals surface area contributed by atoms with Gasteiger partial charge in [-0.1, -0.05) is 127 Å². The molecule has 0 saturated carbocycles. The Bertz CT molecular complexity index is 2790.